The van der Waals surface area contributed by atoms with Crippen molar-refractivity contribution in [3.05, 3.63) is 60.8 Å². The molecule has 0 aromatic carbocycles. The lowest BCUT2D eigenvalue weighted by atomic mass is 9.85. The Morgan fingerprint density at radius 2 is 1.06 bits per heavy atom. The van der Waals surface area contributed by atoms with Crippen molar-refractivity contribution in [3.63, 3.8) is 0 Å². The van der Waals surface area contributed by atoms with Crippen LogP contribution in [0.2, 0.25) is 0 Å². The number of ether oxygens (including phenoxy) is 2. The molecule has 1 aliphatic carbocycles. The monoisotopic (exact) mass is 1010 g/mol. The summed E-state index contributed by atoms with van der Waals surface area (Å²) in [6.45, 7) is 2.84. The highest BCUT2D eigenvalue weighted by Gasteiger charge is 2.54. The molecular weight excluding hydrogens is 922 g/mol. The maximum atomic E-state index is 13.0. The average molecular weight is 1010 g/mol. The van der Waals surface area contributed by atoms with Gasteiger partial charge in [0.15, 0.2) is 6.10 Å². The Morgan fingerprint density at radius 3 is 1.62 bits per heavy atom. The van der Waals surface area contributed by atoms with Crippen LogP contribution in [0.5, 0.6) is 0 Å². The summed E-state index contributed by atoms with van der Waals surface area (Å²) in [7, 11) is -10.7. The Balaban J connectivity index is 2.61. The van der Waals surface area contributed by atoms with Crippen molar-refractivity contribution in [2.24, 2.45) is 0 Å². The molecule has 1 aliphatic rings. The molecule has 0 saturated heterocycles. The van der Waals surface area contributed by atoms with Gasteiger partial charge in [0.05, 0.1) is 12.7 Å². The highest BCUT2D eigenvalue weighted by atomic mass is 31.2. The van der Waals surface area contributed by atoms with E-state index in [4.69, 9.17) is 18.5 Å². The first-order chi connectivity index (χ1) is 32.5. The van der Waals surface area contributed by atoms with Crippen molar-refractivity contribution in [3.8, 4) is 0 Å². The van der Waals surface area contributed by atoms with Crippen molar-refractivity contribution < 1.29 is 82.0 Å². The van der Waals surface area contributed by atoms with Gasteiger partial charge in [-0.25, -0.2) is 9.13 Å². The summed E-state index contributed by atoms with van der Waals surface area (Å²) in [6.07, 6.45) is 28.0. The number of allylic oxidation sites excluding steroid dienone is 8. The predicted octanol–water partition coefficient (Wildman–Crippen LogP) is 8.81. The molecule has 0 bridgehead atoms. The van der Waals surface area contributed by atoms with E-state index in [-0.39, 0.29) is 12.8 Å². The first-order valence-corrected chi connectivity index (χ1v) is 28.0. The largest absolute Gasteiger partial charge is 0.472 e. The average Bonchev–Trinajstić information content (AvgIpc) is 3.29. The standard InChI is InChI=1S/C49H86O17P2/c1-3-5-7-8-9-10-11-12-13-14-15-16-21-24-27-30-33-37-43(52)64-41(39-63-68(60,61)66-49-46(55)44(53)45(54)48(47(49)56)65-67(57,58)59)38-62-42(51)36-32-29-26-23-20-18-17-19-22-25-28-31-35-40(50)34-6-4-2/h6,17-18,22-23,25-26,28,31,34,40-41,44-50,53-56H,3-5,7-16,19-21,24,27,29-30,32-33,35-39H2,1-2H3,(H,60,61)(H2,57,58,59)/b18-17-,25-22-,26-23-,31-28+,34-6-/t40?,41-,44?,45?,46?,47?,48-,49+/m1/s1. The maximum Gasteiger partial charge on any atom is 0.472 e. The molecule has 8 N–H and O–H groups in total. The molecule has 0 aliphatic heterocycles. The lowest BCUT2D eigenvalue weighted by Crippen LogP contribution is -2.64. The number of phosphoric acid groups is 2. The van der Waals surface area contributed by atoms with Crippen LogP contribution in [0.15, 0.2) is 60.8 Å². The number of aliphatic hydroxyl groups excluding tert-OH is 5. The lowest BCUT2D eigenvalue weighted by molar-refractivity contribution is -0.216. The number of hydrogen-bond donors (Lipinski definition) is 8. The van der Waals surface area contributed by atoms with Crippen molar-refractivity contribution in [2.75, 3.05) is 13.2 Å². The van der Waals surface area contributed by atoms with Gasteiger partial charge >= 0.3 is 27.6 Å². The van der Waals surface area contributed by atoms with Gasteiger partial charge in [-0.3, -0.25) is 23.2 Å². The van der Waals surface area contributed by atoms with Crippen molar-refractivity contribution in [2.45, 2.75) is 223 Å². The fourth-order valence-electron chi connectivity index (χ4n) is 7.32. The Labute approximate surface area is 405 Å². The molecule has 1 fully saturated rings. The van der Waals surface area contributed by atoms with Crippen LogP contribution in [0.1, 0.15) is 174 Å². The molecule has 0 aromatic rings. The molecule has 0 radical (unpaired) electrons. The minimum absolute atomic E-state index is 0.0241. The number of rotatable bonds is 41. The fraction of sp³-hybridized carbons (Fsp3) is 0.755. The summed E-state index contributed by atoms with van der Waals surface area (Å²) in [5.41, 5.74) is 0. The molecule has 0 heterocycles. The SMILES string of the molecule is CC/C=C\C(O)C/C=C/C=C\C/C=C\C/C=C\CCCC(=O)OC[C@H](COP(=O)(O)O[C@H]1C(O)C(O)C(O)[C@@H](OP(=O)(O)O)C1O)OC(=O)CCCCCCCCCCCCCCCCCCC. The Kier molecular flexibility index (Phi) is 36.8. The van der Waals surface area contributed by atoms with Gasteiger partial charge in [-0.2, -0.15) is 0 Å². The van der Waals surface area contributed by atoms with Gasteiger partial charge < -0.3 is 49.7 Å². The summed E-state index contributed by atoms with van der Waals surface area (Å²) in [6, 6.07) is 0. The Hall–Kier alpha value is -2.34. The molecule has 19 heteroatoms. The van der Waals surface area contributed by atoms with Gasteiger partial charge in [-0.15, -0.1) is 0 Å². The molecule has 0 aromatic heterocycles. The van der Waals surface area contributed by atoms with E-state index >= 15 is 0 Å². The second kappa shape index (κ2) is 39.3. The molecule has 17 nitrogen and oxygen atoms in total. The topological polar surface area (TPSA) is 276 Å². The van der Waals surface area contributed by atoms with Gasteiger partial charge in [-0.05, 0) is 44.9 Å². The summed E-state index contributed by atoms with van der Waals surface area (Å²) in [4.78, 5) is 54.3. The third kappa shape index (κ3) is 33.3. The number of carbonyl (C=O) groups excluding carboxylic acids is 2. The first-order valence-electron chi connectivity index (χ1n) is 24.9. The zero-order valence-corrected chi connectivity index (χ0v) is 42.4. The van der Waals surface area contributed by atoms with E-state index in [9.17, 15) is 58.9 Å². The second-order valence-electron chi connectivity index (χ2n) is 17.4. The number of hydrogen-bond acceptors (Lipinski definition) is 14. The molecule has 1 rings (SSSR count). The van der Waals surface area contributed by atoms with Gasteiger partial charge in [0.1, 0.15) is 43.2 Å². The van der Waals surface area contributed by atoms with Crippen LogP contribution in [-0.2, 0) is 41.8 Å². The number of esters is 2. The quantitative estimate of drug-likeness (QED) is 0.00934. The molecule has 68 heavy (non-hydrogen) atoms. The highest BCUT2D eigenvalue weighted by molar-refractivity contribution is 7.47. The van der Waals surface area contributed by atoms with E-state index in [2.05, 4.69) is 11.4 Å². The number of carbonyl (C=O) groups is 2. The van der Waals surface area contributed by atoms with E-state index in [0.29, 0.717) is 32.1 Å². The fourth-order valence-corrected chi connectivity index (χ4v) is 8.86. The Bertz CT molecular complexity index is 1560. The van der Waals surface area contributed by atoms with Gasteiger partial charge in [-0.1, -0.05) is 177 Å². The second-order valence-corrected chi connectivity index (χ2v) is 20.0. The van der Waals surface area contributed by atoms with Gasteiger partial charge in [0.25, 0.3) is 0 Å². The van der Waals surface area contributed by atoms with Crippen molar-refractivity contribution >= 4 is 27.6 Å². The van der Waals surface area contributed by atoms with E-state index in [0.717, 1.165) is 38.5 Å². The van der Waals surface area contributed by atoms with Gasteiger partial charge in [0.2, 0.25) is 0 Å². The molecule has 394 valence electrons. The highest BCUT2D eigenvalue weighted by Crippen LogP contribution is 2.49. The summed E-state index contributed by atoms with van der Waals surface area (Å²) < 4.78 is 49.4. The molecule has 1 saturated carbocycles. The zero-order valence-electron chi connectivity index (χ0n) is 40.6. The molecule has 0 spiro atoms. The Morgan fingerprint density at radius 1 is 0.559 bits per heavy atom. The number of aliphatic hydroxyl groups is 5. The van der Waals surface area contributed by atoms with Crippen LogP contribution in [-0.4, -0.2) is 114 Å². The summed E-state index contributed by atoms with van der Waals surface area (Å²) in [5.74, 6) is -1.29. The van der Waals surface area contributed by atoms with E-state index in [1.807, 2.05) is 61.6 Å². The van der Waals surface area contributed by atoms with E-state index < -0.39 is 89.6 Å². The van der Waals surface area contributed by atoms with Crippen molar-refractivity contribution in [1.82, 2.24) is 0 Å². The normalized spacial score (nSPS) is 22.2. The van der Waals surface area contributed by atoms with Gasteiger partial charge in [0, 0.05) is 12.8 Å². The lowest BCUT2D eigenvalue weighted by Gasteiger charge is -2.43. The number of unbranched alkanes of at least 4 members (excludes halogenated alkanes) is 17. The van der Waals surface area contributed by atoms with Crippen LogP contribution < -0.4 is 0 Å². The van der Waals surface area contributed by atoms with Crippen LogP contribution in [0.4, 0.5) is 0 Å². The molecular formula is C49H86O17P2. The molecule has 0 amide bonds. The third-order valence-electron chi connectivity index (χ3n) is 11.2. The minimum Gasteiger partial charge on any atom is -0.462 e. The molecule has 9 atom stereocenters. The number of phosphoric ester groups is 2. The first kappa shape index (κ1) is 63.7. The van der Waals surface area contributed by atoms with Crippen molar-refractivity contribution in [1.29, 1.82) is 0 Å². The van der Waals surface area contributed by atoms with Crippen LogP contribution >= 0.6 is 15.6 Å². The molecule has 6 unspecified atom stereocenters. The van der Waals surface area contributed by atoms with Crippen LogP contribution in [0.25, 0.3) is 0 Å². The van der Waals surface area contributed by atoms with Crippen LogP contribution in [0, 0.1) is 0 Å². The summed E-state index contributed by atoms with van der Waals surface area (Å²) in [5, 5.41) is 51.1. The third-order valence-corrected chi connectivity index (χ3v) is 12.7. The zero-order chi connectivity index (χ0) is 50.5. The van der Waals surface area contributed by atoms with E-state index in [1.165, 1.54) is 77.0 Å². The van der Waals surface area contributed by atoms with E-state index in [1.54, 1.807) is 6.08 Å². The minimum atomic E-state index is -5.38. The van der Waals surface area contributed by atoms with Crippen LogP contribution in [0.3, 0.4) is 0 Å². The smallest absolute Gasteiger partial charge is 0.462 e. The maximum absolute atomic E-state index is 13.0. The summed E-state index contributed by atoms with van der Waals surface area (Å²) >= 11 is 0. The predicted molar refractivity (Wildman–Crippen MR) is 261 cm³/mol.